The average molecular weight is 642 g/mol. The van der Waals surface area contributed by atoms with Crippen molar-refractivity contribution in [2.24, 2.45) is 0 Å². The number of hydrogen-bond donors (Lipinski definition) is 1. The molecule has 0 radical (unpaired) electrons. The first-order valence-electron chi connectivity index (χ1n) is 16.6. The van der Waals surface area contributed by atoms with Gasteiger partial charge in [0.05, 0.1) is 5.69 Å². The minimum atomic E-state index is 1.11. The lowest BCUT2D eigenvalue weighted by atomic mass is 9.96. The standard InChI is InChI=1S/C42H31N.C3H8.CH4S/c1-4-15-32(16-5-1)35-21-12-24-38(29-35)41-27-10-11-28-42(41)43(39-25-13-22-36(30-39)33-17-6-2-7-18-33)40-26-14-23-37(31-40)34-19-8-3-9-20-34;1-3-2;1-2/h1-31H;3H2,1-2H3;2H,1H3. The SMILES string of the molecule is CCC.CS.c1ccc(-c2cccc(-c3ccccc3N(c3cccc(-c4ccccc4)c3)c3cccc(-c4ccccc4)c3)c2)cc1. The molecule has 238 valence electrons. The van der Waals surface area contributed by atoms with Crippen molar-refractivity contribution in [3.8, 4) is 44.5 Å². The van der Waals surface area contributed by atoms with Gasteiger partial charge in [-0.1, -0.05) is 172 Å². The van der Waals surface area contributed by atoms with Crippen LogP contribution in [0.1, 0.15) is 20.3 Å². The lowest BCUT2D eigenvalue weighted by molar-refractivity contribution is 1.09. The first-order valence-corrected chi connectivity index (χ1v) is 17.5. The second-order valence-electron chi connectivity index (χ2n) is 11.3. The molecule has 1 nitrogen and oxygen atoms in total. The van der Waals surface area contributed by atoms with Gasteiger partial charge in [0.15, 0.2) is 0 Å². The molecule has 7 aromatic carbocycles. The molecule has 0 N–H and O–H groups in total. The summed E-state index contributed by atoms with van der Waals surface area (Å²) in [6.45, 7) is 4.25. The topological polar surface area (TPSA) is 3.24 Å². The van der Waals surface area contributed by atoms with E-state index >= 15 is 0 Å². The first kappa shape index (κ1) is 34.0. The van der Waals surface area contributed by atoms with E-state index in [9.17, 15) is 0 Å². The molecular formula is C46H43NS. The van der Waals surface area contributed by atoms with Gasteiger partial charge in [0.25, 0.3) is 0 Å². The molecule has 0 saturated carbocycles. The Morgan fingerprint density at radius 3 is 1.15 bits per heavy atom. The summed E-state index contributed by atoms with van der Waals surface area (Å²) < 4.78 is 0. The monoisotopic (exact) mass is 641 g/mol. The van der Waals surface area contributed by atoms with Gasteiger partial charge in [-0.05, 0) is 81.6 Å². The summed E-state index contributed by atoms with van der Waals surface area (Å²) in [7, 11) is 0. The van der Waals surface area contributed by atoms with Crippen molar-refractivity contribution < 1.29 is 0 Å². The Kier molecular flexibility index (Phi) is 12.5. The maximum Gasteiger partial charge on any atom is 0.0540 e. The molecule has 48 heavy (non-hydrogen) atoms. The van der Waals surface area contributed by atoms with Crippen molar-refractivity contribution in [3.63, 3.8) is 0 Å². The summed E-state index contributed by atoms with van der Waals surface area (Å²) in [5.74, 6) is 0. The number of nitrogens with zero attached hydrogens (tertiary/aromatic N) is 1. The van der Waals surface area contributed by atoms with E-state index in [-0.39, 0.29) is 0 Å². The van der Waals surface area contributed by atoms with Gasteiger partial charge in [0, 0.05) is 16.9 Å². The molecule has 0 fully saturated rings. The van der Waals surface area contributed by atoms with Crippen LogP contribution in [0.5, 0.6) is 0 Å². The zero-order valence-electron chi connectivity index (χ0n) is 28.0. The van der Waals surface area contributed by atoms with Gasteiger partial charge in [-0.2, -0.15) is 12.6 Å². The van der Waals surface area contributed by atoms with Crippen LogP contribution in [0, 0.1) is 0 Å². The first-order chi connectivity index (χ1) is 23.7. The van der Waals surface area contributed by atoms with Gasteiger partial charge in [-0.15, -0.1) is 0 Å². The van der Waals surface area contributed by atoms with E-state index in [1.165, 1.54) is 50.9 Å². The molecular weight excluding hydrogens is 599 g/mol. The third-order valence-corrected chi connectivity index (χ3v) is 7.85. The predicted octanol–water partition coefficient (Wildman–Crippen LogP) is 13.8. The van der Waals surface area contributed by atoms with Gasteiger partial charge in [0.2, 0.25) is 0 Å². The largest absolute Gasteiger partial charge is 0.310 e. The summed E-state index contributed by atoms with van der Waals surface area (Å²) in [5, 5.41) is 0. The second-order valence-corrected chi connectivity index (χ2v) is 11.3. The fourth-order valence-electron chi connectivity index (χ4n) is 5.75. The summed E-state index contributed by atoms with van der Waals surface area (Å²) >= 11 is 3.53. The van der Waals surface area contributed by atoms with Gasteiger partial charge in [0.1, 0.15) is 0 Å². The highest BCUT2D eigenvalue weighted by molar-refractivity contribution is 7.79. The van der Waals surface area contributed by atoms with Gasteiger partial charge >= 0.3 is 0 Å². The summed E-state index contributed by atoms with van der Waals surface area (Å²) in [6, 6.07) is 67.0. The quantitative estimate of drug-likeness (QED) is 0.170. The smallest absolute Gasteiger partial charge is 0.0540 e. The molecule has 0 unspecified atom stereocenters. The molecule has 7 aromatic rings. The summed E-state index contributed by atoms with van der Waals surface area (Å²) in [4.78, 5) is 2.39. The Bertz CT molecular complexity index is 1900. The molecule has 0 spiro atoms. The molecule has 0 aliphatic heterocycles. The Balaban J connectivity index is 0.000000855. The highest BCUT2D eigenvalue weighted by Gasteiger charge is 2.18. The molecule has 0 amide bonds. The van der Waals surface area contributed by atoms with Crippen molar-refractivity contribution in [3.05, 3.63) is 188 Å². The zero-order chi connectivity index (χ0) is 33.6. The van der Waals surface area contributed by atoms with E-state index in [0.29, 0.717) is 0 Å². The number of anilines is 3. The van der Waals surface area contributed by atoms with Crippen LogP contribution in [0.25, 0.3) is 44.5 Å². The second kappa shape index (κ2) is 17.6. The minimum Gasteiger partial charge on any atom is -0.310 e. The number of rotatable bonds is 7. The maximum atomic E-state index is 3.53. The Morgan fingerprint density at radius 1 is 0.354 bits per heavy atom. The van der Waals surface area contributed by atoms with Crippen molar-refractivity contribution in [1.82, 2.24) is 0 Å². The van der Waals surface area contributed by atoms with E-state index in [1.807, 2.05) is 0 Å². The van der Waals surface area contributed by atoms with Gasteiger partial charge in [-0.3, -0.25) is 0 Å². The third-order valence-electron chi connectivity index (χ3n) is 7.85. The fraction of sp³-hybridized carbons (Fsp3) is 0.0870. The highest BCUT2D eigenvalue weighted by Crippen LogP contribution is 2.43. The van der Waals surface area contributed by atoms with Crippen molar-refractivity contribution in [1.29, 1.82) is 0 Å². The van der Waals surface area contributed by atoms with E-state index in [0.717, 1.165) is 17.1 Å². The average Bonchev–Trinajstić information content (AvgIpc) is 3.18. The summed E-state index contributed by atoms with van der Waals surface area (Å²) in [5.41, 5.74) is 12.9. The third kappa shape index (κ3) is 8.34. The fourth-order valence-corrected chi connectivity index (χ4v) is 5.75. The molecule has 0 saturated heterocycles. The maximum absolute atomic E-state index is 3.53. The van der Waals surface area contributed by atoms with Crippen molar-refractivity contribution >= 4 is 29.7 Å². The molecule has 0 bridgehead atoms. The van der Waals surface area contributed by atoms with Crippen molar-refractivity contribution in [2.45, 2.75) is 20.3 Å². The highest BCUT2D eigenvalue weighted by atomic mass is 32.1. The molecule has 0 aliphatic carbocycles. The van der Waals surface area contributed by atoms with Crippen LogP contribution in [0.2, 0.25) is 0 Å². The number of para-hydroxylation sites is 1. The Hall–Kier alpha value is -5.31. The van der Waals surface area contributed by atoms with Crippen LogP contribution < -0.4 is 4.90 Å². The number of benzene rings is 7. The molecule has 2 heteroatoms. The lowest BCUT2D eigenvalue weighted by Crippen LogP contribution is -2.11. The van der Waals surface area contributed by atoms with Crippen LogP contribution in [-0.2, 0) is 0 Å². The molecule has 7 rings (SSSR count). The van der Waals surface area contributed by atoms with E-state index < -0.39 is 0 Å². The molecule has 0 atom stereocenters. The van der Waals surface area contributed by atoms with Gasteiger partial charge in [-0.25, -0.2) is 0 Å². The van der Waals surface area contributed by atoms with Crippen molar-refractivity contribution in [2.75, 3.05) is 11.2 Å². The Labute approximate surface area is 292 Å². The number of thiol groups is 1. The molecule has 0 aliphatic rings. The Morgan fingerprint density at radius 2 is 0.688 bits per heavy atom. The zero-order valence-corrected chi connectivity index (χ0v) is 28.9. The van der Waals surface area contributed by atoms with Crippen LogP contribution in [-0.4, -0.2) is 6.26 Å². The van der Waals surface area contributed by atoms with E-state index in [4.69, 9.17) is 0 Å². The van der Waals surface area contributed by atoms with E-state index in [1.54, 1.807) is 6.26 Å². The molecule has 0 aromatic heterocycles. The van der Waals surface area contributed by atoms with Crippen LogP contribution in [0.15, 0.2) is 188 Å². The van der Waals surface area contributed by atoms with Crippen LogP contribution >= 0.6 is 12.6 Å². The number of hydrogen-bond acceptors (Lipinski definition) is 2. The predicted molar refractivity (Wildman–Crippen MR) is 214 cm³/mol. The van der Waals surface area contributed by atoms with Crippen LogP contribution in [0.4, 0.5) is 17.1 Å². The molecule has 0 heterocycles. The van der Waals surface area contributed by atoms with Gasteiger partial charge < -0.3 is 4.90 Å². The normalized spacial score (nSPS) is 10.2. The van der Waals surface area contributed by atoms with E-state index in [2.05, 4.69) is 219 Å². The summed E-state index contributed by atoms with van der Waals surface area (Å²) in [6.07, 6.45) is 2.94. The lowest BCUT2D eigenvalue weighted by Gasteiger charge is -2.29. The van der Waals surface area contributed by atoms with Crippen LogP contribution in [0.3, 0.4) is 0 Å². The minimum absolute atomic E-state index is 1.11.